The number of hydrogen-bond donors (Lipinski definition) is 1. The van der Waals surface area contributed by atoms with Crippen LogP contribution in [-0.2, 0) is 11.3 Å². The molecule has 1 fully saturated rings. The van der Waals surface area contributed by atoms with Crippen LogP contribution in [0, 0.1) is 5.92 Å². The zero-order valence-electron chi connectivity index (χ0n) is 17.7. The fourth-order valence-corrected chi connectivity index (χ4v) is 4.78. The van der Waals surface area contributed by atoms with Gasteiger partial charge in [-0.2, -0.15) is 5.10 Å². The number of likely N-dealkylation sites (tertiary alicyclic amines) is 1. The van der Waals surface area contributed by atoms with Crippen LogP contribution in [-0.4, -0.2) is 52.2 Å². The van der Waals surface area contributed by atoms with Crippen molar-refractivity contribution in [2.24, 2.45) is 5.92 Å². The number of nitrogens with one attached hydrogen (secondary N) is 1. The summed E-state index contributed by atoms with van der Waals surface area (Å²) in [5.41, 5.74) is 0.910. The van der Waals surface area contributed by atoms with E-state index in [0.29, 0.717) is 35.8 Å². The summed E-state index contributed by atoms with van der Waals surface area (Å²) in [5.74, 6) is 0.655. The van der Waals surface area contributed by atoms with E-state index in [4.69, 9.17) is 9.47 Å². The van der Waals surface area contributed by atoms with Crippen LogP contribution < -0.4 is 14.8 Å². The molecular formula is C23H22N4O5S. The van der Waals surface area contributed by atoms with E-state index in [9.17, 15) is 14.4 Å². The highest BCUT2D eigenvalue weighted by atomic mass is 32.1. The standard InChI is InChI=1S/C23H22N4O5S/c28-21(26-7-1-3-16(11-26)22(29)20-4-2-8-33-20)13-27-12-17(10-24-27)25-23(30)15-5-6-18-19(9-15)32-14-31-18/h2,4-6,8-10,12,16H,1,3,7,11,13-14H2,(H,25,30)/t16-/m1/s1. The Morgan fingerprint density at radius 3 is 2.91 bits per heavy atom. The summed E-state index contributed by atoms with van der Waals surface area (Å²) in [7, 11) is 0. The highest BCUT2D eigenvalue weighted by Crippen LogP contribution is 2.32. The summed E-state index contributed by atoms with van der Waals surface area (Å²) < 4.78 is 12.1. The number of fused-ring (bicyclic) bond motifs is 1. The van der Waals surface area contributed by atoms with Crippen molar-refractivity contribution in [3.8, 4) is 11.5 Å². The van der Waals surface area contributed by atoms with Crippen LogP contribution in [0.25, 0.3) is 0 Å². The fourth-order valence-electron chi connectivity index (χ4n) is 4.03. The Hall–Kier alpha value is -3.66. The molecule has 0 aliphatic carbocycles. The molecule has 10 heteroatoms. The van der Waals surface area contributed by atoms with Crippen molar-refractivity contribution in [1.29, 1.82) is 0 Å². The number of Topliss-reactive ketones (excluding diaryl/α,β-unsaturated/α-hetero) is 1. The second kappa shape index (κ2) is 9.07. The number of ketones is 1. The van der Waals surface area contributed by atoms with Gasteiger partial charge in [0.1, 0.15) is 6.54 Å². The number of hydrogen-bond acceptors (Lipinski definition) is 7. The van der Waals surface area contributed by atoms with E-state index in [0.717, 1.165) is 17.7 Å². The molecule has 1 aromatic carbocycles. The molecule has 0 spiro atoms. The lowest BCUT2D eigenvalue weighted by Crippen LogP contribution is -2.43. The molecular weight excluding hydrogens is 444 g/mol. The fraction of sp³-hybridized carbons (Fsp3) is 0.304. The SMILES string of the molecule is O=C(Nc1cnn(CC(=O)N2CCC[C@@H](C(=O)c3cccs3)C2)c1)c1ccc2c(c1)OCO2. The molecule has 2 aliphatic heterocycles. The Kier molecular flexibility index (Phi) is 5.82. The van der Waals surface area contributed by atoms with Gasteiger partial charge in [0.25, 0.3) is 5.91 Å². The van der Waals surface area contributed by atoms with Gasteiger partial charge in [-0.25, -0.2) is 0 Å². The van der Waals surface area contributed by atoms with Crippen molar-refractivity contribution in [2.45, 2.75) is 19.4 Å². The van der Waals surface area contributed by atoms with Crippen molar-refractivity contribution in [1.82, 2.24) is 14.7 Å². The highest BCUT2D eigenvalue weighted by molar-refractivity contribution is 7.12. The second-order valence-electron chi connectivity index (χ2n) is 7.97. The first-order chi connectivity index (χ1) is 16.1. The summed E-state index contributed by atoms with van der Waals surface area (Å²) in [5, 5.41) is 8.86. The Bertz CT molecular complexity index is 1190. The third-order valence-corrected chi connectivity index (χ3v) is 6.62. The van der Waals surface area contributed by atoms with Crippen molar-refractivity contribution in [3.05, 3.63) is 58.5 Å². The number of rotatable bonds is 6. The maximum absolute atomic E-state index is 12.8. The number of carbonyl (C=O) groups is 3. The molecule has 2 aromatic heterocycles. The van der Waals surface area contributed by atoms with Gasteiger partial charge >= 0.3 is 0 Å². The molecule has 2 amide bonds. The summed E-state index contributed by atoms with van der Waals surface area (Å²) in [6.07, 6.45) is 4.69. The number of amides is 2. The van der Waals surface area contributed by atoms with E-state index in [2.05, 4.69) is 10.4 Å². The first kappa shape index (κ1) is 21.2. The van der Waals surface area contributed by atoms with Crippen molar-refractivity contribution in [3.63, 3.8) is 0 Å². The van der Waals surface area contributed by atoms with Crippen LogP contribution in [0.15, 0.2) is 48.1 Å². The van der Waals surface area contributed by atoms with Crippen LogP contribution in [0.4, 0.5) is 5.69 Å². The van der Waals surface area contributed by atoms with Crippen LogP contribution in [0.2, 0.25) is 0 Å². The van der Waals surface area contributed by atoms with Crippen LogP contribution >= 0.6 is 11.3 Å². The number of thiophene rings is 1. The minimum Gasteiger partial charge on any atom is -0.454 e. The Labute approximate surface area is 193 Å². The number of ether oxygens (including phenoxy) is 2. The average molecular weight is 467 g/mol. The number of anilines is 1. The molecule has 1 saturated heterocycles. The summed E-state index contributed by atoms with van der Waals surface area (Å²) in [6.45, 7) is 1.23. The molecule has 9 nitrogen and oxygen atoms in total. The lowest BCUT2D eigenvalue weighted by atomic mass is 9.93. The van der Waals surface area contributed by atoms with Gasteiger partial charge in [0.05, 0.1) is 16.8 Å². The van der Waals surface area contributed by atoms with Crippen molar-refractivity contribution in [2.75, 3.05) is 25.2 Å². The number of nitrogens with zero attached hydrogens (tertiary/aromatic N) is 3. The number of piperidine rings is 1. The summed E-state index contributed by atoms with van der Waals surface area (Å²) >= 11 is 1.43. The molecule has 33 heavy (non-hydrogen) atoms. The molecule has 4 heterocycles. The van der Waals surface area contributed by atoms with Crippen LogP contribution in [0.5, 0.6) is 11.5 Å². The number of aromatic nitrogens is 2. The Morgan fingerprint density at radius 1 is 1.18 bits per heavy atom. The van der Waals surface area contributed by atoms with Crippen molar-refractivity contribution < 1.29 is 23.9 Å². The minimum absolute atomic E-state index is 0.0415. The second-order valence-corrected chi connectivity index (χ2v) is 8.92. The zero-order valence-corrected chi connectivity index (χ0v) is 18.5. The van der Waals surface area contributed by atoms with Crippen LogP contribution in [0.1, 0.15) is 32.9 Å². The van der Waals surface area contributed by atoms with Gasteiger partial charge in [0.15, 0.2) is 17.3 Å². The van der Waals surface area contributed by atoms with Gasteiger partial charge in [0.2, 0.25) is 12.7 Å². The molecule has 0 bridgehead atoms. The predicted octanol–water partition coefficient (Wildman–Crippen LogP) is 3.05. The average Bonchev–Trinajstić information content (AvgIpc) is 3.60. The first-order valence-electron chi connectivity index (χ1n) is 10.7. The van der Waals surface area contributed by atoms with E-state index in [1.807, 2.05) is 17.5 Å². The Balaban J connectivity index is 1.17. The lowest BCUT2D eigenvalue weighted by molar-refractivity contribution is -0.133. The van der Waals surface area contributed by atoms with Gasteiger partial charge in [-0.1, -0.05) is 6.07 Å². The van der Waals surface area contributed by atoms with E-state index >= 15 is 0 Å². The number of benzene rings is 1. The monoisotopic (exact) mass is 466 g/mol. The summed E-state index contributed by atoms with van der Waals surface area (Å²) in [6, 6.07) is 8.66. The molecule has 0 unspecified atom stereocenters. The van der Waals surface area contributed by atoms with E-state index < -0.39 is 0 Å². The maximum Gasteiger partial charge on any atom is 0.255 e. The quantitative estimate of drug-likeness (QED) is 0.560. The molecule has 3 aromatic rings. The van der Waals surface area contributed by atoms with Gasteiger partial charge in [-0.15, -0.1) is 11.3 Å². The van der Waals surface area contributed by atoms with Crippen LogP contribution in [0.3, 0.4) is 0 Å². The van der Waals surface area contributed by atoms with Crippen molar-refractivity contribution >= 4 is 34.6 Å². The van der Waals surface area contributed by atoms with Gasteiger partial charge < -0.3 is 19.7 Å². The van der Waals surface area contributed by atoms with E-state index in [1.165, 1.54) is 22.2 Å². The topological polar surface area (TPSA) is 103 Å². The smallest absolute Gasteiger partial charge is 0.255 e. The van der Waals surface area contributed by atoms with Gasteiger partial charge in [0, 0.05) is 30.8 Å². The zero-order chi connectivity index (χ0) is 22.8. The third kappa shape index (κ3) is 4.61. The molecule has 2 aliphatic rings. The third-order valence-electron chi connectivity index (χ3n) is 5.73. The maximum atomic E-state index is 12.8. The molecule has 0 saturated carbocycles. The minimum atomic E-state index is -0.315. The van der Waals surface area contributed by atoms with Gasteiger partial charge in [-0.3, -0.25) is 19.1 Å². The number of carbonyl (C=O) groups excluding carboxylic acids is 3. The highest BCUT2D eigenvalue weighted by Gasteiger charge is 2.29. The molecule has 0 radical (unpaired) electrons. The summed E-state index contributed by atoms with van der Waals surface area (Å²) in [4.78, 5) is 40.5. The predicted molar refractivity (Wildman–Crippen MR) is 121 cm³/mol. The first-order valence-corrected chi connectivity index (χ1v) is 11.5. The normalized spacial score (nSPS) is 17.1. The Morgan fingerprint density at radius 2 is 2.06 bits per heavy atom. The molecule has 1 atom stereocenters. The van der Waals surface area contributed by atoms with E-state index in [1.54, 1.807) is 29.3 Å². The van der Waals surface area contributed by atoms with E-state index in [-0.39, 0.29) is 36.9 Å². The molecule has 170 valence electrons. The molecule has 1 N–H and O–H groups in total. The van der Waals surface area contributed by atoms with Gasteiger partial charge in [-0.05, 0) is 42.5 Å². The lowest BCUT2D eigenvalue weighted by Gasteiger charge is -2.31. The largest absolute Gasteiger partial charge is 0.454 e. The molecule has 5 rings (SSSR count).